The second kappa shape index (κ2) is 10.8. The van der Waals surface area contributed by atoms with Crippen LogP contribution in [0.4, 0.5) is 0 Å². The third-order valence-electron chi connectivity index (χ3n) is 3.73. The normalized spacial score (nSPS) is 12.8. The highest BCUT2D eigenvalue weighted by Gasteiger charge is 2.11. The molecule has 1 aromatic rings. The molecule has 21 heavy (non-hydrogen) atoms. The number of ether oxygens (including phenoxy) is 1. The topological polar surface area (TPSA) is 21.3 Å². The molecule has 0 aliphatic heterocycles. The zero-order chi connectivity index (χ0) is 15.5. The number of unbranched alkanes of at least 4 members (excludes halogenated alkanes) is 1. The van der Waals surface area contributed by atoms with Crippen molar-refractivity contribution >= 4 is 0 Å². The van der Waals surface area contributed by atoms with Crippen molar-refractivity contribution in [3.63, 3.8) is 0 Å². The molecule has 0 aromatic heterocycles. The highest BCUT2D eigenvalue weighted by atomic mass is 16.5. The largest absolute Gasteiger partial charge is 0.381 e. The molecule has 0 radical (unpaired) electrons. The summed E-state index contributed by atoms with van der Waals surface area (Å²) in [6.45, 7) is 11.7. The summed E-state index contributed by atoms with van der Waals surface area (Å²) in [6, 6.07) is 9.42. The molecule has 1 unspecified atom stereocenters. The molecule has 1 rings (SSSR count). The van der Waals surface area contributed by atoms with Gasteiger partial charge < -0.3 is 10.1 Å². The van der Waals surface area contributed by atoms with Gasteiger partial charge in [-0.3, -0.25) is 0 Å². The van der Waals surface area contributed by atoms with Gasteiger partial charge in [0.15, 0.2) is 0 Å². The van der Waals surface area contributed by atoms with Gasteiger partial charge in [-0.05, 0) is 44.2 Å². The van der Waals surface area contributed by atoms with E-state index in [1.165, 1.54) is 24.0 Å². The number of benzene rings is 1. The fourth-order valence-electron chi connectivity index (χ4n) is 2.45. The SMILES string of the molecule is CCCCOCCC(CNC(C)C)Cc1cccc(C)c1. The van der Waals surface area contributed by atoms with E-state index >= 15 is 0 Å². The molecular weight excluding hydrogens is 258 g/mol. The molecule has 0 saturated heterocycles. The first-order valence-corrected chi connectivity index (χ1v) is 8.48. The van der Waals surface area contributed by atoms with E-state index in [9.17, 15) is 0 Å². The minimum atomic E-state index is 0.547. The van der Waals surface area contributed by atoms with Crippen molar-refractivity contribution in [3.8, 4) is 0 Å². The van der Waals surface area contributed by atoms with Crippen molar-refractivity contribution in [1.29, 1.82) is 0 Å². The fourth-order valence-corrected chi connectivity index (χ4v) is 2.45. The van der Waals surface area contributed by atoms with Crippen LogP contribution in [0.15, 0.2) is 24.3 Å². The second-order valence-electron chi connectivity index (χ2n) is 6.38. The van der Waals surface area contributed by atoms with Gasteiger partial charge in [-0.1, -0.05) is 57.0 Å². The van der Waals surface area contributed by atoms with Crippen molar-refractivity contribution in [2.24, 2.45) is 5.92 Å². The van der Waals surface area contributed by atoms with Crippen LogP contribution in [0.25, 0.3) is 0 Å². The van der Waals surface area contributed by atoms with Crippen LogP contribution >= 0.6 is 0 Å². The zero-order valence-corrected chi connectivity index (χ0v) is 14.3. The smallest absolute Gasteiger partial charge is 0.0469 e. The van der Waals surface area contributed by atoms with Gasteiger partial charge in [0.2, 0.25) is 0 Å². The summed E-state index contributed by atoms with van der Waals surface area (Å²) in [5, 5.41) is 3.58. The lowest BCUT2D eigenvalue weighted by molar-refractivity contribution is 0.116. The molecule has 0 bridgehead atoms. The third kappa shape index (κ3) is 8.90. The van der Waals surface area contributed by atoms with E-state index < -0.39 is 0 Å². The molecule has 1 aromatic carbocycles. The number of aryl methyl sites for hydroxylation is 1. The number of nitrogens with one attached hydrogen (secondary N) is 1. The standard InChI is InChI=1S/C19H33NO/c1-5-6-11-21-12-10-19(15-20-16(2)3)14-18-9-7-8-17(4)13-18/h7-9,13,16,19-20H,5-6,10-12,14-15H2,1-4H3. The van der Waals surface area contributed by atoms with E-state index in [0.717, 1.165) is 32.6 Å². The van der Waals surface area contributed by atoms with Gasteiger partial charge in [0.25, 0.3) is 0 Å². The van der Waals surface area contributed by atoms with Crippen LogP contribution in [0.5, 0.6) is 0 Å². The van der Waals surface area contributed by atoms with Crippen LogP contribution in [0.1, 0.15) is 51.2 Å². The van der Waals surface area contributed by atoms with Crippen LogP contribution in [-0.4, -0.2) is 25.8 Å². The maximum atomic E-state index is 5.75. The van der Waals surface area contributed by atoms with E-state index in [1.54, 1.807) is 0 Å². The van der Waals surface area contributed by atoms with Gasteiger partial charge in [-0.2, -0.15) is 0 Å². The van der Waals surface area contributed by atoms with Crippen molar-refractivity contribution in [2.45, 2.75) is 59.4 Å². The Morgan fingerprint density at radius 3 is 2.67 bits per heavy atom. The maximum absolute atomic E-state index is 5.75. The van der Waals surface area contributed by atoms with E-state index in [4.69, 9.17) is 4.74 Å². The average molecular weight is 291 g/mol. The maximum Gasteiger partial charge on any atom is 0.0469 e. The van der Waals surface area contributed by atoms with Gasteiger partial charge in [0.1, 0.15) is 0 Å². The number of hydrogen-bond donors (Lipinski definition) is 1. The van der Waals surface area contributed by atoms with Crippen LogP contribution in [0, 0.1) is 12.8 Å². The Hall–Kier alpha value is -0.860. The molecule has 0 aliphatic carbocycles. The molecule has 0 saturated carbocycles. The van der Waals surface area contributed by atoms with E-state index in [2.05, 4.69) is 57.3 Å². The van der Waals surface area contributed by atoms with Crippen molar-refractivity contribution < 1.29 is 4.74 Å². The minimum absolute atomic E-state index is 0.547. The summed E-state index contributed by atoms with van der Waals surface area (Å²) in [4.78, 5) is 0. The lowest BCUT2D eigenvalue weighted by Crippen LogP contribution is -2.30. The Balaban J connectivity index is 2.43. The third-order valence-corrected chi connectivity index (χ3v) is 3.73. The Bertz CT molecular complexity index is 376. The van der Waals surface area contributed by atoms with Crippen molar-refractivity contribution in [3.05, 3.63) is 35.4 Å². The molecule has 1 N–H and O–H groups in total. The van der Waals surface area contributed by atoms with Gasteiger partial charge >= 0.3 is 0 Å². The van der Waals surface area contributed by atoms with Crippen molar-refractivity contribution in [2.75, 3.05) is 19.8 Å². The van der Waals surface area contributed by atoms with Crippen LogP contribution < -0.4 is 5.32 Å². The first-order valence-electron chi connectivity index (χ1n) is 8.48. The highest BCUT2D eigenvalue weighted by molar-refractivity contribution is 5.22. The van der Waals surface area contributed by atoms with Crippen molar-refractivity contribution in [1.82, 2.24) is 5.32 Å². The predicted octanol–water partition coefficient (Wildman–Crippen LogP) is 4.36. The minimum Gasteiger partial charge on any atom is -0.381 e. The quantitative estimate of drug-likeness (QED) is 0.612. The fraction of sp³-hybridized carbons (Fsp3) is 0.684. The van der Waals surface area contributed by atoms with Gasteiger partial charge in [-0.15, -0.1) is 0 Å². The molecule has 2 heteroatoms. The molecule has 0 fully saturated rings. The summed E-state index contributed by atoms with van der Waals surface area (Å²) in [7, 11) is 0. The summed E-state index contributed by atoms with van der Waals surface area (Å²) in [5.74, 6) is 0.649. The van der Waals surface area contributed by atoms with Crippen LogP contribution in [0.2, 0.25) is 0 Å². The lowest BCUT2D eigenvalue weighted by Gasteiger charge is -2.20. The molecule has 120 valence electrons. The van der Waals surface area contributed by atoms with Crippen LogP contribution in [-0.2, 0) is 11.2 Å². The second-order valence-corrected chi connectivity index (χ2v) is 6.38. The Kier molecular flexibility index (Phi) is 9.36. The first-order chi connectivity index (χ1) is 10.1. The molecule has 0 aliphatic rings. The van der Waals surface area contributed by atoms with E-state index in [0.29, 0.717) is 12.0 Å². The first kappa shape index (κ1) is 18.2. The molecule has 0 spiro atoms. The highest BCUT2D eigenvalue weighted by Crippen LogP contribution is 2.14. The average Bonchev–Trinajstić information content (AvgIpc) is 2.44. The molecule has 2 nitrogen and oxygen atoms in total. The van der Waals surface area contributed by atoms with Gasteiger partial charge in [0.05, 0.1) is 0 Å². The Morgan fingerprint density at radius 2 is 2.00 bits per heavy atom. The Morgan fingerprint density at radius 1 is 1.19 bits per heavy atom. The molecule has 1 atom stereocenters. The molecule has 0 amide bonds. The van der Waals surface area contributed by atoms with Gasteiger partial charge in [0, 0.05) is 19.3 Å². The summed E-state index contributed by atoms with van der Waals surface area (Å²) in [6.07, 6.45) is 4.66. The van der Waals surface area contributed by atoms with E-state index in [1.807, 2.05) is 0 Å². The number of hydrogen-bond acceptors (Lipinski definition) is 2. The molecular formula is C19H33NO. The van der Waals surface area contributed by atoms with Crippen LogP contribution in [0.3, 0.4) is 0 Å². The summed E-state index contributed by atoms with van der Waals surface area (Å²) in [5.41, 5.74) is 2.79. The monoisotopic (exact) mass is 291 g/mol. The summed E-state index contributed by atoms with van der Waals surface area (Å²) >= 11 is 0. The van der Waals surface area contributed by atoms with Gasteiger partial charge in [-0.25, -0.2) is 0 Å². The van der Waals surface area contributed by atoms with E-state index in [-0.39, 0.29) is 0 Å². The molecule has 0 heterocycles. The summed E-state index contributed by atoms with van der Waals surface area (Å²) < 4.78 is 5.75. The zero-order valence-electron chi connectivity index (χ0n) is 14.3. The predicted molar refractivity (Wildman–Crippen MR) is 91.9 cm³/mol. The lowest BCUT2D eigenvalue weighted by atomic mass is 9.95. The Labute approximate surface area is 131 Å². The number of rotatable bonds is 11.